The van der Waals surface area contributed by atoms with Gasteiger partial charge in [0.2, 0.25) is 5.88 Å². The van der Waals surface area contributed by atoms with Gasteiger partial charge in [-0.15, -0.1) is 0 Å². The zero-order valence-corrected chi connectivity index (χ0v) is 10.9. The number of nitrogens with one attached hydrogen (secondary N) is 1. The predicted molar refractivity (Wildman–Crippen MR) is 72.5 cm³/mol. The number of rotatable bonds is 4. The van der Waals surface area contributed by atoms with Crippen molar-refractivity contribution in [3.8, 4) is 23.0 Å². The molecule has 19 heavy (non-hydrogen) atoms. The summed E-state index contributed by atoms with van der Waals surface area (Å²) in [6.45, 7) is 1.94. The predicted octanol–water partition coefficient (Wildman–Crippen LogP) is 2.10. The molecule has 0 spiro atoms. The maximum absolute atomic E-state index is 11.9. The van der Waals surface area contributed by atoms with E-state index in [1.165, 1.54) is 0 Å². The molecule has 1 aromatic heterocycles. The van der Waals surface area contributed by atoms with Crippen LogP contribution in [-0.4, -0.2) is 22.2 Å². The Kier molecular flexibility index (Phi) is 3.85. The lowest BCUT2D eigenvalue weighted by Gasteiger charge is -2.06. The summed E-state index contributed by atoms with van der Waals surface area (Å²) < 4.78 is 5.12. The fourth-order valence-corrected chi connectivity index (χ4v) is 1.87. The average Bonchev–Trinajstić information content (AvgIpc) is 2.42. The Morgan fingerprint density at radius 2 is 2.21 bits per heavy atom. The first-order valence-corrected chi connectivity index (χ1v) is 6.12. The van der Waals surface area contributed by atoms with Gasteiger partial charge in [0.05, 0.1) is 12.7 Å². The van der Waals surface area contributed by atoms with Crippen molar-refractivity contribution in [1.29, 1.82) is 0 Å². The molecule has 1 heterocycles. The average molecular weight is 260 g/mol. The van der Waals surface area contributed by atoms with E-state index < -0.39 is 0 Å². The van der Waals surface area contributed by atoms with E-state index in [2.05, 4.69) is 9.97 Å². The van der Waals surface area contributed by atoms with Gasteiger partial charge in [0.1, 0.15) is 11.6 Å². The van der Waals surface area contributed by atoms with Crippen LogP contribution in [-0.2, 0) is 6.42 Å². The van der Waals surface area contributed by atoms with Gasteiger partial charge in [0.15, 0.2) is 0 Å². The summed E-state index contributed by atoms with van der Waals surface area (Å²) in [6.07, 6.45) is 1.28. The van der Waals surface area contributed by atoms with Crippen molar-refractivity contribution < 1.29 is 9.84 Å². The second kappa shape index (κ2) is 5.56. The fourth-order valence-electron chi connectivity index (χ4n) is 1.87. The highest BCUT2D eigenvalue weighted by atomic mass is 16.5. The first kappa shape index (κ1) is 13.1. The summed E-state index contributed by atoms with van der Waals surface area (Å²) in [7, 11) is 1.57. The van der Waals surface area contributed by atoms with Crippen molar-refractivity contribution in [2.75, 3.05) is 7.11 Å². The number of hydrogen-bond donors (Lipinski definition) is 2. The molecule has 1 aromatic carbocycles. The van der Waals surface area contributed by atoms with Crippen LogP contribution in [0.25, 0.3) is 11.4 Å². The van der Waals surface area contributed by atoms with Gasteiger partial charge < -0.3 is 14.8 Å². The SMILES string of the molecule is CCCc1c(O)nc(-c2cccc(OC)c2)[nH]c1=O. The maximum Gasteiger partial charge on any atom is 0.258 e. The van der Waals surface area contributed by atoms with E-state index in [-0.39, 0.29) is 11.4 Å². The van der Waals surface area contributed by atoms with Crippen LogP contribution in [0.2, 0.25) is 0 Å². The van der Waals surface area contributed by atoms with E-state index in [9.17, 15) is 9.90 Å². The molecule has 0 amide bonds. The molecule has 0 unspecified atom stereocenters. The van der Waals surface area contributed by atoms with Gasteiger partial charge in [-0.3, -0.25) is 4.79 Å². The second-order valence-electron chi connectivity index (χ2n) is 4.20. The van der Waals surface area contributed by atoms with Gasteiger partial charge >= 0.3 is 0 Å². The Bertz CT molecular complexity index is 635. The summed E-state index contributed by atoms with van der Waals surface area (Å²) in [6, 6.07) is 7.13. The van der Waals surface area contributed by atoms with Crippen LogP contribution < -0.4 is 10.3 Å². The number of aromatic hydroxyl groups is 1. The lowest BCUT2D eigenvalue weighted by Crippen LogP contribution is -2.15. The second-order valence-corrected chi connectivity index (χ2v) is 4.20. The molecule has 0 saturated carbocycles. The van der Waals surface area contributed by atoms with Gasteiger partial charge in [0, 0.05) is 5.56 Å². The summed E-state index contributed by atoms with van der Waals surface area (Å²) in [5.41, 5.74) is 0.719. The molecule has 0 radical (unpaired) electrons. The van der Waals surface area contributed by atoms with E-state index in [0.717, 1.165) is 6.42 Å². The highest BCUT2D eigenvalue weighted by Gasteiger charge is 2.11. The number of aromatic amines is 1. The molecule has 5 heteroatoms. The molecule has 0 saturated heterocycles. The summed E-state index contributed by atoms with van der Waals surface area (Å²) in [4.78, 5) is 18.6. The third-order valence-electron chi connectivity index (χ3n) is 2.84. The van der Waals surface area contributed by atoms with Gasteiger partial charge in [-0.25, -0.2) is 0 Å². The molecular formula is C14H16N2O3. The third-order valence-corrected chi connectivity index (χ3v) is 2.84. The topological polar surface area (TPSA) is 75.2 Å². The molecule has 0 bridgehead atoms. The van der Waals surface area contributed by atoms with Crippen LogP contribution in [0.4, 0.5) is 0 Å². The first-order chi connectivity index (χ1) is 9.15. The van der Waals surface area contributed by atoms with Crippen molar-refractivity contribution in [1.82, 2.24) is 9.97 Å². The standard InChI is InChI=1S/C14H16N2O3/c1-3-5-11-13(17)15-12(16-14(11)18)9-6-4-7-10(8-9)19-2/h4,6-8H,3,5H2,1-2H3,(H2,15,16,17,18). The lowest BCUT2D eigenvalue weighted by atomic mass is 10.1. The smallest absolute Gasteiger partial charge is 0.258 e. The number of methoxy groups -OCH3 is 1. The number of aromatic nitrogens is 2. The summed E-state index contributed by atoms with van der Waals surface area (Å²) >= 11 is 0. The number of nitrogens with zero attached hydrogens (tertiary/aromatic N) is 1. The van der Waals surface area contributed by atoms with Gasteiger partial charge in [0.25, 0.3) is 5.56 Å². The Hall–Kier alpha value is -2.30. The van der Waals surface area contributed by atoms with E-state index in [4.69, 9.17) is 4.74 Å². The Morgan fingerprint density at radius 1 is 1.42 bits per heavy atom. The largest absolute Gasteiger partial charge is 0.497 e. The molecule has 0 fully saturated rings. The zero-order valence-electron chi connectivity index (χ0n) is 10.9. The Labute approximate surface area is 110 Å². The molecule has 0 aliphatic rings. The number of hydrogen-bond acceptors (Lipinski definition) is 4. The monoisotopic (exact) mass is 260 g/mol. The molecule has 2 rings (SSSR count). The van der Waals surface area contributed by atoms with Crippen molar-refractivity contribution in [2.24, 2.45) is 0 Å². The number of benzene rings is 1. The number of H-pyrrole nitrogens is 1. The first-order valence-electron chi connectivity index (χ1n) is 6.12. The maximum atomic E-state index is 11.9. The molecule has 2 aromatic rings. The normalized spacial score (nSPS) is 10.4. The fraction of sp³-hybridized carbons (Fsp3) is 0.286. The van der Waals surface area contributed by atoms with Crippen LogP contribution >= 0.6 is 0 Å². The minimum absolute atomic E-state index is 0.205. The van der Waals surface area contributed by atoms with Crippen molar-refractivity contribution in [3.05, 3.63) is 40.2 Å². The lowest BCUT2D eigenvalue weighted by molar-refractivity contribution is 0.415. The number of ether oxygens (including phenoxy) is 1. The van der Waals surface area contributed by atoms with Crippen LogP contribution in [0.5, 0.6) is 11.6 Å². The van der Waals surface area contributed by atoms with Crippen molar-refractivity contribution in [2.45, 2.75) is 19.8 Å². The molecular weight excluding hydrogens is 244 g/mol. The van der Waals surface area contributed by atoms with E-state index >= 15 is 0 Å². The van der Waals surface area contributed by atoms with Gasteiger partial charge in [-0.05, 0) is 18.6 Å². The molecule has 0 aliphatic carbocycles. The quantitative estimate of drug-likeness (QED) is 0.882. The highest BCUT2D eigenvalue weighted by Crippen LogP contribution is 2.22. The molecule has 0 aliphatic heterocycles. The van der Waals surface area contributed by atoms with Gasteiger partial charge in [-0.1, -0.05) is 25.5 Å². The van der Waals surface area contributed by atoms with Crippen LogP contribution in [0.1, 0.15) is 18.9 Å². The minimum Gasteiger partial charge on any atom is -0.497 e. The molecule has 0 atom stereocenters. The van der Waals surface area contributed by atoms with Crippen LogP contribution in [0.3, 0.4) is 0 Å². The van der Waals surface area contributed by atoms with E-state index in [0.29, 0.717) is 29.1 Å². The summed E-state index contributed by atoms with van der Waals surface area (Å²) in [5, 5.41) is 9.83. The summed E-state index contributed by atoms with van der Waals surface area (Å²) in [5.74, 6) is 0.793. The van der Waals surface area contributed by atoms with Crippen molar-refractivity contribution >= 4 is 0 Å². The third kappa shape index (κ3) is 2.76. The van der Waals surface area contributed by atoms with Gasteiger partial charge in [-0.2, -0.15) is 4.98 Å². The zero-order chi connectivity index (χ0) is 13.8. The Balaban J connectivity index is 2.48. The molecule has 100 valence electrons. The van der Waals surface area contributed by atoms with E-state index in [1.807, 2.05) is 6.92 Å². The Morgan fingerprint density at radius 3 is 2.84 bits per heavy atom. The molecule has 5 nitrogen and oxygen atoms in total. The highest BCUT2D eigenvalue weighted by molar-refractivity contribution is 5.58. The minimum atomic E-state index is -0.299. The molecule has 2 N–H and O–H groups in total. The van der Waals surface area contributed by atoms with Crippen LogP contribution in [0.15, 0.2) is 29.1 Å². The van der Waals surface area contributed by atoms with Crippen LogP contribution in [0, 0.1) is 0 Å². The van der Waals surface area contributed by atoms with Crippen molar-refractivity contribution in [3.63, 3.8) is 0 Å². The van der Waals surface area contributed by atoms with E-state index in [1.54, 1.807) is 31.4 Å².